The van der Waals surface area contributed by atoms with Gasteiger partial charge < -0.3 is 4.74 Å². The molecule has 1 heterocycles. The van der Waals surface area contributed by atoms with Gasteiger partial charge >= 0.3 is 0 Å². The average Bonchev–Trinajstić information content (AvgIpc) is 2.49. The molecule has 0 saturated heterocycles. The molecular weight excluding hydrogens is 394 g/mol. The molecule has 0 aliphatic carbocycles. The third-order valence-electron chi connectivity index (χ3n) is 3.20. The summed E-state index contributed by atoms with van der Waals surface area (Å²) in [6.45, 7) is 2.05. The number of hydrogen-bond donors (Lipinski definition) is 0. The zero-order valence-corrected chi connectivity index (χ0v) is 14.6. The Morgan fingerprint density at radius 3 is 2.67 bits per heavy atom. The molecule has 0 saturated carbocycles. The standard InChI is InChI=1S/C17H13Br2NO/c1-11-6-7-16(14(19)8-11)21-17-13(10-18)9-12-4-2-3-5-15(12)20-17/h2-9H,10H2,1H3. The van der Waals surface area contributed by atoms with Crippen LogP contribution in [0.3, 0.4) is 0 Å². The van der Waals surface area contributed by atoms with Crippen molar-refractivity contribution in [3.05, 3.63) is 64.1 Å². The predicted molar refractivity (Wildman–Crippen MR) is 93.3 cm³/mol. The van der Waals surface area contributed by atoms with Crippen molar-refractivity contribution in [2.75, 3.05) is 0 Å². The van der Waals surface area contributed by atoms with E-state index in [-0.39, 0.29) is 0 Å². The van der Waals surface area contributed by atoms with Gasteiger partial charge in [-0.3, -0.25) is 0 Å². The lowest BCUT2D eigenvalue weighted by Gasteiger charge is -2.11. The molecule has 3 aromatic rings. The molecule has 106 valence electrons. The van der Waals surface area contributed by atoms with E-state index in [9.17, 15) is 0 Å². The highest BCUT2D eigenvalue weighted by molar-refractivity contribution is 9.10. The second-order valence-corrected chi connectivity index (χ2v) is 6.23. The summed E-state index contributed by atoms with van der Waals surface area (Å²) < 4.78 is 6.93. The van der Waals surface area contributed by atoms with E-state index in [1.165, 1.54) is 5.56 Å². The number of para-hydroxylation sites is 1. The highest BCUT2D eigenvalue weighted by Crippen LogP contribution is 2.33. The fourth-order valence-corrected chi connectivity index (χ4v) is 3.09. The summed E-state index contributed by atoms with van der Waals surface area (Å²) >= 11 is 7.04. The van der Waals surface area contributed by atoms with Crippen LogP contribution in [0.5, 0.6) is 11.6 Å². The fourth-order valence-electron chi connectivity index (χ4n) is 2.12. The van der Waals surface area contributed by atoms with Crippen LogP contribution in [0.15, 0.2) is 53.0 Å². The fraction of sp³-hybridized carbons (Fsp3) is 0.118. The van der Waals surface area contributed by atoms with E-state index in [2.05, 4.69) is 49.0 Å². The summed E-state index contributed by atoms with van der Waals surface area (Å²) in [5, 5.41) is 1.81. The summed E-state index contributed by atoms with van der Waals surface area (Å²) in [4.78, 5) is 4.63. The van der Waals surface area contributed by atoms with Gasteiger partial charge in [-0.15, -0.1) is 0 Å². The van der Waals surface area contributed by atoms with E-state index in [1.54, 1.807) is 0 Å². The molecule has 2 nitrogen and oxygen atoms in total. The Morgan fingerprint density at radius 2 is 1.90 bits per heavy atom. The van der Waals surface area contributed by atoms with Gasteiger partial charge in [0.15, 0.2) is 0 Å². The summed E-state index contributed by atoms with van der Waals surface area (Å²) in [6.07, 6.45) is 0. The Morgan fingerprint density at radius 1 is 1.10 bits per heavy atom. The minimum atomic E-state index is 0.634. The Bertz CT molecular complexity index is 802. The van der Waals surface area contributed by atoms with Crippen molar-refractivity contribution in [1.29, 1.82) is 0 Å². The van der Waals surface area contributed by atoms with Gasteiger partial charge in [-0.1, -0.05) is 40.2 Å². The molecule has 0 amide bonds. The number of aryl methyl sites for hydroxylation is 1. The molecule has 0 atom stereocenters. The average molecular weight is 407 g/mol. The van der Waals surface area contributed by atoms with Crippen molar-refractivity contribution >= 4 is 42.8 Å². The maximum Gasteiger partial charge on any atom is 0.223 e. The van der Waals surface area contributed by atoms with Crippen LogP contribution in [-0.2, 0) is 5.33 Å². The van der Waals surface area contributed by atoms with Crippen LogP contribution in [0, 0.1) is 6.92 Å². The lowest BCUT2D eigenvalue weighted by Crippen LogP contribution is -1.95. The van der Waals surface area contributed by atoms with Gasteiger partial charge in [0.1, 0.15) is 5.75 Å². The van der Waals surface area contributed by atoms with Crippen molar-refractivity contribution in [2.24, 2.45) is 0 Å². The molecular formula is C17H13Br2NO. The first-order valence-corrected chi connectivity index (χ1v) is 8.47. The van der Waals surface area contributed by atoms with Gasteiger partial charge in [-0.25, -0.2) is 4.98 Å². The van der Waals surface area contributed by atoms with Crippen molar-refractivity contribution in [2.45, 2.75) is 12.3 Å². The Balaban J connectivity index is 2.06. The second kappa shape index (κ2) is 6.16. The van der Waals surface area contributed by atoms with Crippen LogP contribution in [-0.4, -0.2) is 4.98 Å². The van der Waals surface area contributed by atoms with Crippen molar-refractivity contribution < 1.29 is 4.74 Å². The molecule has 0 unspecified atom stereocenters. The quantitative estimate of drug-likeness (QED) is 0.498. The maximum atomic E-state index is 6.01. The van der Waals surface area contributed by atoms with Crippen molar-refractivity contribution in [1.82, 2.24) is 4.98 Å². The number of halogens is 2. The second-order valence-electron chi connectivity index (χ2n) is 4.81. The summed E-state index contributed by atoms with van der Waals surface area (Å²) in [5.74, 6) is 1.40. The monoisotopic (exact) mass is 405 g/mol. The third kappa shape index (κ3) is 3.11. The Kier molecular flexibility index (Phi) is 4.27. The number of aromatic nitrogens is 1. The highest BCUT2D eigenvalue weighted by atomic mass is 79.9. The van der Waals surface area contributed by atoms with Gasteiger partial charge in [0.05, 0.1) is 9.99 Å². The van der Waals surface area contributed by atoms with E-state index in [0.717, 1.165) is 26.7 Å². The maximum absolute atomic E-state index is 6.01. The highest BCUT2D eigenvalue weighted by Gasteiger charge is 2.10. The summed E-state index contributed by atoms with van der Waals surface area (Å²) in [5.41, 5.74) is 3.14. The largest absolute Gasteiger partial charge is 0.438 e. The van der Waals surface area contributed by atoms with E-state index in [4.69, 9.17) is 4.74 Å². The summed E-state index contributed by atoms with van der Waals surface area (Å²) in [6, 6.07) is 16.2. The first kappa shape index (κ1) is 14.5. The number of benzene rings is 2. The van der Waals surface area contributed by atoms with Crippen LogP contribution in [0.4, 0.5) is 0 Å². The molecule has 2 aromatic carbocycles. The number of nitrogens with zero attached hydrogens (tertiary/aromatic N) is 1. The normalized spacial score (nSPS) is 10.8. The molecule has 0 radical (unpaired) electrons. The molecule has 3 rings (SSSR count). The van der Waals surface area contributed by atoms with Crippen LogP contribution in [0.2, 0.25) is 0 Å². The molecule has 0 bridgehead atoms. The molecule has 1 aromatic heterocycles. The molecule has 0 aliphatic rings. The first-order chi connectivity index (χ1) is 10.2. The number of fused-ring (bicyclic) bond motifs is 1. The number of ether oxygens (including phenoxy) is 1. The molecule has 4 heteroatoms. The molecule has 0 N–H and O–H groups in total. The van der Waals surface area contributed by atoms with E-state index >= 15 is 0 Å². The third-order valence-corrected chi connectivity index (χ3v) is 4.42. The number of rotatable bonds is 3. The SMILES string of the molecule is Cc1ccc(Oc2nc3ccccc3cc2CBr)c(Br)c1. The molecule has 21 heavy (non-hydrogen) atoms. The van der Waals surface area contributed by atoms with Gasteiger partial charge in [-0.05, 0) is 52.7 Å². The Labute approximate surface area is 140 Å². The number of alkyl halides is 1. The lowest BCUT2D eigenvalue weighted by molar-refractivity contribution is 0.458. The van der Waals surface area contributed by atoms with Crippen LogP contribution >= 0.6 is 31.9 Å². The number of pyridine rings is 1. The first-order valence-electron chi connectivity index (χ1n) is 6.56. The van der Waals surface area contributed by atoms with Gasteiger partial charge in [0, 0.05) is 16.3 Å². The van der Waals surface area contributed by atoms with E-state index < -0.39 is 0 Å². The Hall–Kier alpha value is -1.39. The zero-order valence-electron chi connectivity index (χ0n) is 11.4. The molecule has 0 spiro atoms. The van der Waals surface area contributed by atoms with Gasteiger partial charge in [0.25, 0.3) is 0 Å². The molecule has 0 fully saturated rings. The topological polar surface area (TPSA) is 22.1 Å². The minimum absolute atomic E-state index is 0.634. The van der Waals surface area contributed by atoms with Crippen molar-refractivity contribution in [3.8, 4) is 11.6 Å². The minimum Gasteiger partial charge on any atom is -0.438 e. The van der Waals surface area contributed by atoms with Gasteiger partial charge in [-0.2, -0.15) is 0 Å². The van der Waals surface area contributed by atoms with Crippen LogP contribution in [0.1, 0.15) is 11.1 Å². The van der Waals surface area contributed by atoms with Gasteiger partial charge in [0.2, 0.25) is 5.88 Å². The van der Waals surface area contributed by atoms with E-state index in [1.807, 2.05) is 43.3 Å². The smallest absolute Gasteiger partial charge is 0.223 e. The predicted octanol–water partition coefficient (Wildman–Crippen LogP) is 5.99. The van der Waals surface area contributed by atoms with Crippen molar-refractivity contribution in [3.63, 3.8) is 0 Å². The number of hydrogen-bond acceptors (Lipinski definition) is 2. The van der Waals surface area contributed by atoms with Crippen LogP contribution in [0.25, 0.3) is 10.9 Å². The molecule has 0 aliphatic heterocycles. The summed E-state index contributed by atoms with van der Waals surface area (Å²) in [7, 11) is 0. The van der Waals surface area contributed by atoms with E-state index in [0.29, 0.717) is 11.2 Å². The lowest BCUT2D eigenvalue weighted by atomic mass is 10.2. The zero-order chi connectivity index (χ0) is 14.8. The van der Waals surface area contributed by atoms with Crippen LogP contribution < -0.4 is 4.74 Å².